The lowest BCUT2D eigenvalue weighted by atomic mass is 10.2. The van der Waals surface area contributed by atoms with Crippen LogP contribution in [0.3, 0.4) is 0 Å². The van der Waals surface area contributed by atoms with Crippen molar-refractivity contribution in [1.29, 1.82) is 0 Å². The van der Waals surface area contributed by atoms with Crippen LogP contribution in [0.25, 0.3) is 16.6 Å². The number of alkyl halides is 3. The number of fused-ring (bicyclic) bond motifs is 1. The van der Waals surface area contributed by atoms with Gasteiger partial charge in [0.15, 0.2) is 0 Å². The SMILES string of the molecule is COc1ccc(-n2c(C)nc3ccc(NS(=O)(=O)c4cccc(C(F)(F)F)c4)cc3c2=O)cc1. The fourth-order valence-corrected chi connectivity index (χ4v) is 4.54. The number of methoxy groups -OCH3 is 1. The fraction of sp³-hybridized carbons (Fsp3) is 0.130. The number of sulfonamides is 1. The minimum absolute atomic E-state index is 0.00828. The van der Waals surface area contributed by atoms with Crippen LogP contribution in [0.15, 0.2) is 76.4 Å². The third-order valence-corrected chi connectivity index (χ3v) is 6.47. The van der Waals surface area contributed by atoms with Crippen LogP contribution in [0.1, 0.15) is 11.4 Å². The molecule has 0 aliphatic heterocycles. The Morgan fingerprint density at radius 2 is 1.71 bits per heavy atom. The van der Waals surface area contributed by atoms with E-state index in [1.807, 2.05) is 0 Å². The highest BCUT2D eigenvalue weighted by molar-refractivity contribution is 7.92. The molecule has 34 heavy (non-hydrogen) atoms. The topological polar surface area (TPSA) is 90.3 Å². The number of ether oxygens (including phenoxy) is 1. The zero-order chi connectivity index (χ0) is 24.7. The molecule has 4 rings (SSSR count). The van der Waals surface area contributed by atoms with Crippen molar-refractivity contribution in [2.45, 2.75) is 18.0 Å². The summed E-state index contributed by atoms with van der Waals surface area (Å²) in [5, 5.41) is 0.130. The molecule has 0 bridgehead atoms. The van der Waals surface area contributed by atoms with Crippen molar-refractivity contribution >= 4 is 26.6 Å². The first-order valence-electron chi connectivity index (χ1n) is 9.87. The van der Waals surface area contributed by atoms with Gasteiger partial charge in [0.1, 0.15) is 11.6 Å². The van der Waals surface area contributed by atoms with Crippen LogP contribution in [0, 0.1) is 6.92 Å². The van der Waals surface area contributed by atoms with Gasteiger partial charge in [-0.05, 0) is 67.6 Å². The minimum atomic E-state index is -4.69. The molecule has 0 amide bonds. The average Bonchev–Trinajstić information content (AvgIpc) is 2.79. The Morgan fingerprint density at radius 1 is 1.00 bits per heavy atom. The molecule has 0 fully saturated rings. The second-order valence-corrected chi connectivity index (χ2v) is 9.04. The van der Waals surface area contributed by atoms with Crippen molar-refractivity contribution < 1.29 is 26.3 Å². The lowest BCUT2D eigenvalue weighted by Crippen LogP contribution is -2.22. The normalized spacial score (nSPS) is 12.0. The number of aromatic nitrogens is 2. The maximum Gasteiger partial charge on any atom is 0.416 e. The van der Waals surface area contributed by atoms with Crippen LogP contribution < -0.4 is 15.0 Å². The number of halogens is 3. The second-order valence-electron chi connectivity index (χ2n) is 7.36. The first kappa shape index (κ1) is 23.3. The van der Waals surface area contributed by atoms with E-state index in [9.17, 15) is 26.4 Å². The molecule has 4 aromatic rings. The fourth-order valence-electron chi connectivity index (χ4n) is 3.45. The third-order valence-electron chi connectivity index (χ3n) is 5.09. The van der Waals surface area contributed by atoms with E-state index in [1.165, 1.54) is 29.9 Å². The Kier molecular flexibility index (Phi) is 5.82. The molecular weight excluding hydrogens is 471 g/mol. The van der Waals surface area contributed by atoms with E-state index in [2.05, 4.69) is 9.71 Å². The van der Waals surface area contributed by atoms with Gasteiger partial charge >= 0.3 is 6.18 Å². The van der Waals surface area contributed by atoms with Gasteiger partial charge in [-0.15, -0.1) is 0 Å². The molecule has 0 atom stereocenters. The van der Waals surface area contributed by atoms with Crippen molar-refractivity contribution in [2.75, 3.05) is 11.8 Å². The molecule has 0 radical (unpaired) electrons. The summed E-state index contributed by atoms with van der Waals surface area (Å²) in [5.74, 6) is 1.02. The van der Waals surface area contributed by atoms with Gasteiger partial charge in [-0.2, -0.15) is 13.2 Å². The molecule has 3 aromatic carbocycles. The minimum Gasteiger partial charge on any atom is -0.497 e. The van der Waals surface area contributed by atoms with Crippen LogP contribution in [0.4, 0.5) is 18.9 Å². The molecular formula is C23H18F3N3O4S. The maximum atomic E-state index is 13.2. The van der Waals surface area contributed by atoms with Crippen LogP contribution in [-0.4, -0.2) is 25.1 Å². The lowest BCUT2D eigenvalue weighted by Gasteiger charge is -2.13. The third kappa shape index (κ3) is 4.46. The number of nitrogens with zero attached hydrogens (tertiary/aromatic N) is 2. The van der Waals surface area contributed by atoms with Crippen molar-refractivity contribution in [3.8, 4) is 11.4 Å². The first-order valence-corrected chi connectivity index (χ1v) is 11.4. The van der Waals surface area contributed by atoms with E-state index in [0.29, 0.717) is 28.8 Å². The Hall–Kier alpha value is -3.86. The highest BCUT2D eigenvalue weighted by Crippen LogP contribution is 2.31. The highest BCUT2D eigenvalue weighted by atomic mass is 32.2. The van der Waals surface area contributed by atoms with Crippen molar-refractivity contribution in [2.24, 2.45) is 0 Å². The number of hydrogen-bond acceptors (Lipinski definition) is 5. The van der Waals surface area contributed by atoms with Gasteiger partial charge < -0.3 is 4.74 Å². The van der Waals surface area contributed by atoms with Crippen molar-refractivity contribution in [1.82, 2.24) is 9.55 Å². The summed E-state index contributed by atoms with van der Waals surface area (Å²) >= 11 is 0. The highest BCUT2D eigenvalue weighted by Gasteiger charge is 2.31. The Morgan fingerprint density at radius 3 is 2.35 bits per heavy atom. The predicted molar refractivity (Wildman–Crippen MR) is 121 cm³/mol. The van der Waals surface area contributed by atoms with Crippen LogP contribution in [-0.2, 0) is 16.2 Å². The number of hydrogen-bond donors (Lipinski definition) is 1. The summed E-state index contributed by atoms with van der Waals surface area (Å²) in [4.78, 5) is 17.1. The standard InChI is InChI=1S/C23H18F3N3O4S/c1-14-27-21-11-6-16(28-34(31,32)19-5-3-4-15(12-19)23(24,25)26)13-20(21)22(30)29(14)17-7-9-18(33-2)10-8-17/h3-13,28H,1-2H3. The Labute approximate surface area is 192 Å². The molecule has 0 saturated carbocycles. The first-order chi connectivity index (χ1) is 16.0. The zero-order valence-corrected chi connectivity index (χ0v) is 18.7. The average molecular weight is 489 g/mol. The molecule has 0 aliphatic carbocycles. The molecule has 1 aromatic heterocycles. The van der Waals surface area contributed by atoms with Crippen molar-refractivity contribution in [3.63, 3.8) is 0 Å². The smallest absolute Gasteiger partial charge is 0.416 e. The number of anilines is 1. The number of nitrogens with one attached hydrogen (secondary N) is 1. The maximum absolute atomic E-state index is 13.2. The van der Waals surface area contributed by atoms with E-state index in [1.54, 1.807) is 31.2 Å². The molecule has 176 valence electrons. The summed E-state index contributed by atoms with van der Waals surface area (Å²) < 4.78 is 73.1. The summed E-state index contributed by atoms with van der Waals surface area (Å²) in [6.07, 6.45) is -4.69. The monoisotopic (exact) mass is 489 g/mol. The largest absolute Gasteiger partial charge is 0.497 e. The quantitative estimate of drug-likeness (QED) is 0.445. The molecule has 1 heterocycles. The zero-order valence-electron chi connectivity index (χ0n) is 17.9. The molecule has 0 unspecified atom stereocenters. The van der Waals surface area contributed by atoms with Gasteiger partial charge in [-0.1, -0.05) is 6.07 Å². The van der Waals surface area contributed by atoms with Crippen LogP contribution >= 0.6 is 0 Å². The van der Waals surface area contributed by atoms with Gasteiger partial charge in [0.2, 0.25) is 0 Å². The summed E-state index contributed by atoms with van der Waals surface area (Å²) in [5.41, 5.74) is -0.639. The van der Waals surface area contributed by atoms with Crippen molar-refractivity contribution in [3.05, 3.63) is 88.5 Å². The van der Waals surface area contributed by atoms with E-state index >= 15 is 0 Å². The van der Waals surface area contributed by atoms with Gasteiger partial charge in [-0.3, -0.25) is 14.1 Å². The second kappa shape index (κ2) is 8.49. The van der Waals surface area contributed by atoms with Crippen LogP contribution in [0.5, 0.6) is 5.75 Å². The van der Waals surface area contributed by atoms with E-state index in [4.69, 9.17) is 4.74 Å². The Bertz CT molecular complexity index is 1550. The summed E-state index contributed by atoms with van der Waals surface area (Å²) in [6, 6.07) is 14.3. The van der Waals surface area contributed by atoms with Gasteiger partial charge in [0.05, 0.1) is 34.2 Å². The Balaban J connectivity index is 1.75. The van der Waals surface area contributed by atoms with Gasteiger partial charge in [0.25, 0.3) is 15.6 Å². The van der Waals surface area contributed by atoms with E-state index in [-0.39, 0.29) is 11.1 Å². The predicted octanol–water partition coefficient (Wildman–Crippen LogP) is 4.52. The number of aryl methyl sites for hydroxylation is 1. The van der Waals surface area contributed by atoms with E-state index in [0.717, 1.165) is 18.2 Å². The summed E-state index contributed by atoms with van der Waals surface area (Å²) in [7, 11) is -2.83. The molecule has 0 spiro atoms. The van der Waals surface area contributed by atoms with Gasteiger partial charge in [-0.25, -0.2) is 13.4 Å². The lowest BCUT2D eigenvalue weighted by molar-refractivity contribution is -0.137. The van der Waals surface area contributed by atoms with Gasteiger partial charge in [0, 0.05) is 5.69 Å². The number of rotatable bonds is 5. The molecule has 0 saturated heterocycles. The number of benzene rings is 3. The summed E-state index contributed by atoms with van der Waals surface area (Å²) in [6.45, 7) is 1.66. The molecule has 11 heteroatoms. The molecule has 7 nitrogen and oxygen atoms in total. The van der Waals surface area contributed by atoms with E-state index < -0.39 is 32.2 Å². The molecule has 1 N–H and O–H groups in total. The van der Waals surface area contributed by atoms with Crippen LogP contribution in [0.2, 0.25) is 0 Å². The molecule has 0 aliphatic rings.